The molecule has 0 aliphatic heterocycles. The summed E-state index contributed by atoms with van der Waals surface area (Å²) in [5.74, 6) is 0. The van der Waals surface area contributed by atoms with E-state index in [0.29, 0.717) is 0 Å². The zero-order chi connectivity index (χ0) is 2.71. The molecule has 0 amide bonds. The van der Waals surface area contributed by atoms with Gasteiger partial charge in [0.1, 0.15) is 0 Å². The molecule has 0 rings (SSSR count). The average molecular weight is 70.4 g/mol. The van der Waals surface area contributed by atoms with Crippen molar-refractivity contribution in [1.82, 2.24) is 0 Å². The Labute approximate surface area is 46.7 Å². The maximum atomic E-state index is 2.12. The summed E-state index contributed by atoms with van der Waals surface area (Å²) in [5.41, 5.74) is 0. The van der Waals surface area contributed by atoms with Crippen molar-refractivity contribution >= 4 is 23.1 Å². The maximum Gasteiger partial charge on any atom is 2.00 e. The fraction of sp³-hybridized carbons (Fsp3) is 1.00. The minimum atomic E-state index is 0. The van der Waals surface area contributed by atoms with Gasteiger partial charge in [0.05, 0.1) is 0 Å². The maximum absolute atomic E-state index is 2.12. The summed E-state index contributed by atoms with van der Waals surface area (Å²) in [6.07, 6.45) is 1.25. The molecule has 0 atom stereocenters. The topological polar surface area (TPSA) is 0 Å². The van der Waals surface area contributed by atoms with Crippen molar-refractivity contribution in [2.24, 2.45) is 0 Å². The van der Waals surface area contributed by atoms with Gasteiger partial charge in [0.25, 0.3) is 0 Å². The minimum absolute atomic E-state index is 0. The smallest absolute Gasteiger partial charge is 1.00 e. The summed E-state index contributed by atoms with van der Waals surface area (Å²) in [6.45, 7) is 4.25. The summed E-state index contributed by atoms with van der Waals surface area (Å²) < 4.78 is 0. The van der Waals surface area contributed by atoms with Crippen LogP contribution in [-0.4, -0.2) is 23.1 Å². The fourth-order valence-electron chi connectivity index (χ4n) is 0. The normalized spacial score (nSPS) is 4.50. The first kappa shape index (κ1) is 8.84. The van der Waals surface area contributed by atoms with Crippen molar-refractivity contribution in [2.75, 3.05) is 0 Å². The van der Waals surface area contributed by atoms with Crippen molar-refractivity contribution in [1.29, 1.82) is 0 Å². The molecule has 0 aromatic heterocycles. The molecule has 0 fully saturated rings. The molecule has 0 aromatic carbocycles. The van der Waals surface area contributed by atoms with Gasteiger partial charge >= 0.3 is 23.1 Å². The van der Waals surface area contributed by atoms with E-state index >= 15 is 0 Å². The summed E-state index contributed by atoms with van der Waals surface area (Å²) in [6, 6.07) is 0. The summed E-state index contributed by atoms with van der Waals surface area (Å²) in [7, 11) is 0. The molecule has 0 saturated heterocycles. The molecule has 0 unspecified atom stereocenters. The second-order valence-electron chi connectivity index (χ2n) is 0.707. The number of hydrogen-bond donors (Lipinski definition) is 0. The molecule has 0 nitrogen and oxygen atoms in total. The standard InChI is InChI=1S/C3H8.Mg.2H/c1-3-2;;;/h3H2,1-2H3;;;/q;+2;2*-1. The van der Waals surface area contributed by atoms with Crippen LogP contribution in [0.15, 0.2) is 0 Å². The number of hydrogen-bond acceptors (Lipinski definition) is 0. The van der Waals surface area contributed by atoms with E-state index < -0.39 is 0 Å². The van der Waals surface area contributed by atoms with Crippen LogP contribution in [0.4, 0.5) is 0 Å². The average Bonchev–Trinajstić information content (AvgIpc) is 0.918. The van der Waals surface area contributed by atoms with Crippen LogP contribution >= 0.6 is 0 Å². The fourth-order valence-corrected chi connectivity index (χ4v) is 0. The molecule has 0 heterocycles. The van der Waals surface area contributed by atoms with E-state index in [4.69, 9.17) is 0 Å². The van der Waals surface area contributed by atoms with Crippen LogP contribution in [0.2, 0.25) is 0 Å². The van der Waals surface area contributed by atoms with Gasteiger partial charge in [-0.25, -0.2) is 0 Å². The van der Waals surface area contributed by atoms with E-state index in [1.807, 2.05) is 0 Å². The Morgan fingerprint density at radius 3 is 1.50 bits per heavy atom. The van der Waals surface area contributed by atoms with Crippen LogP contribution in [0, 0.1) is 0 Å². The molecule has 1 heteroatoms. The van der Waals surface area contributed by atoms with Gasteiger partial charge in [-0.15, -0.1) is 0 Å². The number of rotatable bonds is 0. The van der Waals surface area contributed by atoms with E-state index in [9.17, 15) is 0 Å². The molecule has 0 aromatic rings. The van der Waals surface area contributed by atoms with Crippen molar-refractivity contribution in [2.45, 2.75) is 20.3 Å². The Morgan fingerprint density at radius 1 is 1.50 bits per heavy atom. The van der Waals surface area contributed by atoms with E-state index in [0.717, 1.165) is 0 Å². The predicted molar refractivity (Wildman–Crippen MR) is 23.9 cm³/mol. The molecular formula is C3H10Mg. The zero-order valence-electron chi connectivity index (χ0n) is 5.41. The molecular weight excluding hydrogens is 60.3 g/mol. The molecule has 0 saturated carbocycles. The predicted octanol–water partition coefficient (Wildman–Crippen LogP) is 1.26. The Morgan fingerprint density at radius 2 is 1.50 bits per heavy atom. The minimum Gasteiger partial charge on any atom is -1.00 e. The van der Waals surface area contributed by atoms with Gasteiger partial charge < -0.3 is 2.85 Å². The van der Waals surface area contributed by atoms with Crippen molar-refractivity contribution in [3.63, 3.8) is 0 Å². The summed E-state index contributed by atoms with van der Waals surface area (Å²) in [4.78, 5) is 0. The van der Waals surface area contributed by atoms with Gasteiger partial charge in [-0.05, 0) is 0 Å². The third-order valence-corrected chi connectivity index (χ3v) is 0. The van der Waals surface area contributed by atoms with Crippen LogP contribution in [0.3, 0.4) is 0 Å². The van der Waals surface area contributed by atoms with Crippen LogP contribution in [0.25, 0.3) is 0 Å². The third-order valence-electron chi connectivity index (χ3n) is 0. The first-order chi connectivity index (χ1) is 1.41. The molecule has 24 valence electrons. The Bertz CT molecular complexity index is 8.75. The first-order valence-corrected chi connectivity index (χ1v) is 1.41. The van der Waals surface area contributed by atoms with Gasteiger partial charge in [-0.3, -0.25) is 0 Å². The largest absolute Gasteiger partial charge is 2.00 e. The molecule has 0 spiro atoms. The first-order valence-electron chi connectivity index (χ1n) is 1.41. The van der Waals surface area contributed by atoms with Gasteiger partial charge in [0, 0.05) is 0 Å². The van der Waals surface area contributed by atoms with Crippen molar-refractivity contribution in [3.05, 3.63) is 0 Å². The molecule has 0 N–H and O–H groups in total. The van der Waals surface area contributed by atoms with E-state index in [1.54, 1.807) is 0 Å². The SMILES string of the molecule is CCC.[H-].[H-].[Mg+2]. The molecule has 0 aliphatic carbocycles. The Balaban J connectivity index is -0.00000000667. The molecule has 0 aliphatic rings. The van der Waals surface area contributed by atoms with Gasteiger partial charge in [-0.1, -0.05) is 20.3 Å². The van der Waals surface area contributed by atoms with Gasteiger partial charge in [-0.2, -0.15) is 0 Å². The van der Waals surface area contributed by atoms with Crippen molar-refractivity contribution in [3.8, 4) is 0 Å². The van der Waals surface area contributed by atoms with Gasteiger partial charge in [0.15, 0.2) is 0 Å². The van der Waals surface area contributed by atoms with Crippen LogP contribution in [0.1, 0.15) is 23.1 Å². The Hall–Kier alpha value is 0.766. The van der Waals surface area contributed by atoms with Gasteiger partial charge in [0.2, 0.25) is 0 Å². The third kappa shape index (κ3) is 14.7. The zero-order valence-corrected chi connectivity index (χ0v) is 4.83. The molecule has 4 heavy (non-hydrogen) atoms. The Kier molecular flexibility index (Phi) is 20.4. The second kappa shape index (κ2) is 9.24. The van der Waals surface area contributed by atoms with E-state index in [2.05, 4.69) is 13.8 Å². The van der Waals surface area contributed by atoms with Crippen molar-refractivity contribution < 1.29 is 2.85 Å². The van der Waals surface area contributed by atoms with Crippen LogP contribution in [-0.2, 0) is 0 Å². The van der Waals surface area contributed by atoms with E-state index in [1.165, 1.54) is 6.42 Å². The summed E-state index contributed by atoms with van der Waals surface area (Å²) in [5, 5.41) is 0. The summed E-state index contributed by atoms with van der Waals surface area (Å²) >= 11 is 0. The quantitative estimate of drug-likeness (QED) is 0.377. The van der Waals surface area contributed by atoms with E-state index in [-0.39, 0.29) is 25.9 Å². The monoisotopic (exact) mass is 70.1 g/mol. The van der Waals surface area contributed by atoms with Crippen LogP contribution < -0.4 is 0 Å². The molecule has 0 bridgehead atoms. The van der Waals surface area contributed by atoms with Crippen LogP contribution in [0.5, 0.6) is 0 Å². The molecule has 0 radical (unpaired) electrons. The second-order valence-corrected chi connectivity index (χ2v) is 0.707.